The third-order valence-corrected chi connectivity index (χ3v) is 4.17. The SMILES string of the molecule is C#Cc1cccc(NC(=O)c2ccc3c(=O)n(CC=C)c(=S)[nH]c3c2)c1. The molecule has 128 valence electrons. The van der Waals surface area contributed by atoms with Gasteiger partial charge in [0, 0.05) is 23.4 Å². The number of carbonyl (C=O) groups excluding carboxylic acids is 1. The van der Waals surface area contributed by atoms with Gasteiger partial charge in [0.15, 0.2) is 4.77 Å². The van der Waals surface area contributed by atoms with E-state index in [1.807, 2.05) is 0 Å². The molecule has 0 spiro atoms. The second kappa shape index (κ2) is 7.21. The van der Waals surface area contributed by atoms with E-state index in [1.165, 1.54) is 4.57 Å². The quantitative estimate of drug-likeness (QED) is 0.425. The Morgan fingerprint density at radius 2 is 2.15 bits per heavy atom. The number of rotatable bonds is 4. The fourth-order valence-corrected chi connectivity index (χ4v) is 2.85. The van der Waals surface area contributed by atoms with Gasteiger partial charge in [0.05, 0.1) is 10.9 Å². The molecular weight excluding hydrogens is 346 g/mol. The van der Waals surface area contributed by atoms with Gasteiger partial charge in [-0.25, -0.2) is 0 Å². The van der Waals surface area contributed by atoms with Crippen molar-refractivity contribution in [3.63, 3.8) is 0 Å². The number of terminal acetylenes is 1. The Hall–Kier alpha value is -3.43. The Labute approximate surface area is 155 Å². The summed E-state index contributed by atoms with van der Waals surface area (Å²) in [7, 11) is 0. The maximum atomic E-state index is 12.5. The van der Waals surface area contributed by atoms with Crippen LogP contribution in [0.5, 0.6) is 0 Å². The maximum absolute atomic E-state index is 12.5. The van der Waals surface area contributed by atoms with Crippen LogP contribution in [0, 0.1) is 17.1 Å². The average Bonchev–Trinajstić information content (AvgIpc) is 2.64. The standard InChI is InChI=1S/C20H15N3O2S/c1-3-10-23-19(25)16-9-8-14(12-17(16)22-20(23)26)18(24)21-15-7-5-6-13(4-2)11-15/h2-3,5-9,11-12H,1,10H2,(H,21,24)(H,22,26). The number of fused-ring (bicyclic) bond motifs is 1. The molecule has 3 rings (SSSR count). The lowest BCUT2D eigenvalue weighted by molar-refractivity contribution is 0.102. The molecule has 0 saturated heterocycles. The van der Waals surface area contributed by atoms with Gasteiger partial charge in [-0.1, -0.05) is 18.1 Å². The third kappa shape index (κ3) is 3.34. The zero-order chi connectivity index (χ0) is 18.7. The number of nitrogens with zero attached hydrogens (tertiary/aromatic N) is 1. The lowest BCUT2D eigenvalue weighted by Gasteiger charge is -2.08. The summed E-state index contributed by atoms with van der Waals surface area (Å²) < 4.78 is 1.69. The predicted molar refractivity (Wildman–Crippen MR) is 106 cm³/mol. The first kappa shape index (κ1) is 17.4. The minimum Gasteiger partial charge on any atom is -0.332 e. The second-order valence-corrected chi connectivity index (χ2v) is 5.96. The fraction of sp³-hybridized carbons (Fsp3) is 0.0500. The molecule has 2 aromatic carbocycles. The number of hydrogen-bond acceptors (Lipinski definition) is 3. The van der Waals surface area contributed by atoms with E-state index in [0.29, 0.717) is 34.3 Å². The number of anilines is 1. The van der Waals surface area contributed by atoms with Crippen molar-refractivity contribution in [2.24, 2.45) is 0 Å². The Bertz CT molecular complexity index is 1180. The van der Waals surface area contributed by atoms with Crippen molar-refractivity contribution in [2.75, 3.05) is 5.32 Å². The van der Waals surface area contributed by atoms with Crippen LogP contribution in [0.4, 0.5) is 5.69 Å². The van der Waals surface area contributed by atoms with Gasteiger partial charge in [0.2, 0.25) is 0 Å². The second-order valence-electron chi connectivity index (χ2n) is 5.57. The van der Waals surface area contributed by atoms with Crippen LogP contribution in [0.15, 0.2) is 59.9 Å². The smallest absolute Gasteiger partial charge is 0.262 e. The number of allylic oxidation sites excluding steroid dienone is 1. The predicted octanol–water partition coefficient (Wildman–Crippen LogP) is 3.48. The lowest BCUT2D eigenvalue weighted by atomic mass is 10.1. The normalized spacial score (nSPS) is 10.3. The van der Waals surface area contributed by atoms with Crippen LogP contribution >= 0.6 is 12.2 Å². The molecular formula is C20H15N3O2S. The van der Waals surface area contributed by atoms with Gasteiger partial charge in [0.1, 0.15) is 0 Å². The Morgan fingerprint density at radius 3 is 2.88 bits per heavy atom. The number of aromatic nitrogens is 2. The topological polar surface area (TPSA) is 66.9 Å². The van der Waals surface area contributed by atoms with Crippen LogP contribution in [0.2, 0.25) is 0 Å². The van der Waals surface area contributed by atoms with E-state index in [1.54, 1.807) is 48.5 Å². The van der Waals surface area contributed by atoms with Crippen molar-refractivity contribution in [1.29, 1.82) is 0 Å². The number of nitrogens with one attached hydrogen (secondary N) is 2. The summed E-state index contributed by atoms with van der Waals surface area (Å²) in [6.45, 7) is 3.94. The summed E-state index contributed by atoms with van der Waals surface area (Å²) in [5, 5.41) is 3.24. The Balaban J connectivity index is 1.98. The fourth-order valence-electron chi connectivity index (χ4n) is 2.58. The number of H-pyrrole nitrogens is 1. The van der Waals surface area contributed by atoms with Crippen molar-refractivity contribution in [3.8, 4) is 12.3 Å². The van der Waals surface area contributed by atoms with Crippen molar-refractivity contribution < 1.29 is 4.79 Å². The summed E-state index contributed by atoms with van der Waals surface area (Å²) in [5.41, 5.74) is 1.95. The number of aromatic amines is 1. The average molecular weight is 361 g/mol. The third-order valence-electron chi connectivity index (χ3n) is 3.84. The Kier molecular flexibility index (Phi) is 4.83. The highest BCUT2D eigenvalue weighted by Crippen LogP contribution is 2.15. The Morgan fingerprint density at radius 1 is 1.35 bits per heavy atom. The van der Waals surface area contributed by atoms with Crippen LogP contribution in [-0.2, 0) is 6.54 Å². The molecule has 2 N–H and O–H groups in total. The largest absolute Gasteiger partial charge is 0.332 e. The molecule has 1 heterocycles. The maximum Gasteiger partial charge on any atom is 0.262 e. The van der Waals surface area contributed by atoms with Crippen molar-refractivity contribution in [2.45, 2.75) is 6.54 Å². The first-order valence-corrected chi connectivity index (χ1v) is 8.20. The molecule has 0 fully saturated rings. The number of hydrogen-bond donors (Lipinski definition) is 2. The van der Waals surface area contributed by atoms with Crippen molar-refractivity contribution in [1.82, 2.24) is 9.55 Å². The van der Waals surface area contributed by atoms with Gasteiger partial charge in [-0.05, 0) is 48.6 Å². The molecule has 0 atom stereocenters. The highest BCUT2D eigenvalue weighted by atomic mass is 32.1. The summed E-state index contributed by atoms with van der Waals surface area (Å²) >= 11 is 5.21. The molecule has 1 aromatic heterocycles. The van der Waals surface area contributed by atoms with Gasteiger partial charge in [-0.15, -0.1) is 13.0 Å². The van der Waals surface area contributed by atoms with E-state index in [0.717, 1.165) is 0 Å². The first-order chi connectivity index (χ1) is 12.5. The summed E-state index contributed by atoms with van der Waals surface area (Å²) in [6, 6.07) is 11.8. The zero-order valence-electron chi connectivity index (χ0n) is 13.8. The highest BCUT2D eigenvalue weighted by molar-refractivity contribution is 7.71. The van der Waals surface area contributed by atoms with Crippen LogP contribution in [-0.4, -0.2) is 15.5 Å². The van der Waals surface area contributed by atoms with Gasteiger partial charge >= 0.3 is 0 Å². The summed E-state index contributed by atoms with van der Waals surface area (Å²) in [4.78, 5) is 28.0. The molecule has 3 aromatic rings. The summed E-state index contributed by atoms with van der Waals surface area (Å²) in [6.07, 6.45) is 6.97. The first-order valence-electron chi connectivity index (χ1n) is 7.79. The molecule has 0 aliphatic rings. The molecule has 0 bridgehead atoms. The zero-order valence-corrected chi connectivity index (χ0v) is 14.6. The van der Waals surface area contributed by atoms with Gasteiger partial charge in [-0.3, -0.25) is 14.2 Å². The molecule has 0 saturated carbocycles. The van der Waals surface area contributed by atoms with Crippen molar-refractivity contribution >= 4 is 34.7 Å². The van der Waals surface area contributed by atoms with Crippen LogP contribution in [0.3, 0.4) is 0 Å². The number of carbonyl (C=O) groups is 1. The minimum absolute atomic E-state index is 0.225. The molecule has 0 aliphatic carbocycles. The monoisotopic (exact) mass is 361 g/mol. The van der Waals surface area contributed by atoms with Gasteiger partial charge in [0.25, 0.3) is 11.5 Å². The van der Waals surface area contributed by atoms with Gasteiger partial charge < -0.3 is 10.3 Å². The lowest BCUT2D eigenvalue weighted by Crippen LogP contribution is -2.22. The summed E-state index contributed by atoms with van der Waals surface area (Å²) in [5.74, 6) is 2.21. The molecule has 5 nitrogen and oxygen atoms in total. The number of benzene rings is 2. The van der Waals surface area contributed by atoms with Crippen molar-refractivity contribution in [3.05, 3.63) is 81.4 Å². The highest BCUT2D eigenvalue weighted by Gasteiger charge is 2.10. The molecule has 0 aliphatic heterocycles. The molecule has 1 amide bonds. The van der Waals surface area contributed by atoms with E-state index in [2.05, 4.69) is 22.8 Å². The number of amides is 1. The van der Waals surface area contributed by atoms with E-state index in [4.69, 9.17) is 18.6 Å². The molecule has 0 unspecified atom stereocenters. The molecule has 26 heavy (non-hydrogen) atoms. The molecule has 6 heteroatoms. The van der Waals surface area contributed by atoms with E-state index in [-0.39, 0.29) is 16.2 Å². The van der Waals surface area contributed by atoms with Gasteiger partial charge in [-0.2, -0.15) is 0 Å². The van der Waals surface area contributed by atoms with E-state index >= 15 is 0 Å². The van der Waals surface area contributed by atoms with Crippen LogP contribution < -0.4 is 10.9 Å². The van der Waals surface area contributed by atoms with E-state index in [9.17, 15) is 9.59 Å². The van der Waals surface area contributed by atoms with Crippen LogP contribution in [0.1, 0.15) is 15.9 Å². The molecule has 0 radical (unpaired) electrons. The minimum atomic E-state index is -0.310. The van der Waals surface area contributed by atoms with E-state index < -0.39 is 0 Å². The van der Waals surface area contributed by atoms with Crippen LogP contribution in [0.25, 0.3) is 10.9 Å².